The van der Waals surface area contributed by atoms with Gasteiger partial charge >= 0.3 is 0 Å². The van der Waals surface area contributed by atoms with Gasteiger partial charge in [-0.15, -0.1) is 47.5 Å². The van der Waals surface area contributed by atoms with E-state index in [0.717, 1.165) is 55.2 Å². The molecule has 4 nitrogen and oxygen atoms in total. The number of aromatic nitrogens is 3. The van der Waals surface area contributed by atoms with Crippen molar-refractivity contribution in [3.8, 4) is 33.6 Å². The van der Waals surface area contributed by atoms with Crippen LogP contribution in [0.1, 0.15) is 16.7 Å². The molecule has 5 heteroatoms. The molecule has 1 radical (unpaired) electrons. The Hall–Kier alpha value is -4.96. The monoisotopic (exact) mass is 760 g/mol. The molecule has 8 rings (SSSR count). The molecule has 0 amide bonds. The van der Waals surface area contributed by atoms with Crippen LogP contribution in [0.15, 0.2) is 126 Å². The van der Waals surface area contributed by atoms with Crippen molar-refractivity contribution < 1.29 is 24.5 Å². The first-order valence-corrected chi connectivity index (χ1v) is 14.6. The SMILES string of the molecule is Cc1cnc(-c2[c-]cc(C)c(-c3ccccc3)c2)cc1C.[Ir].[c-]1ccc2c(oc3c4ccncc4ccc23)c1-c1ccccn1. The van der Waals surface area contributed by atoms with E-state index >= 15 is 0 Å². The van der Waals surface area contributed by atoms with Gasteiger partial charge in [-0.05, 0) is 48.5 Å². The Morgan fingerprint density at radius 1 is 0.622 bits per heavy atom. The van der Waals surface area contributed by atoms with E-state index in [9.17, 15) is 0 Å². The Balaban J connectivity index is 0.000000156. The van der Waals surface area contributed by atoms with E-state index in [1.165, 1.54) is 27.8 Å². The summed E-state index contributed by atoms with van der Waals surface area (Å²) in [6.07, 6.45) is 7.36. The van der Waals surface area contributed by atoms with Crippen molar-refractivity contribution in [2.24, 2.45) is 0 Å². The minimum absolute atomic E-state index is 0. The second-order valence-corrected chi connectivity index (χ2v) is 10.9. The number of hydrogen-bond donors (Lipinski definition) is 0. The quantitative estimate of drug-likeness (QED) is 0.168. The number of rotatable bonds is 3. The van der Waals surface area contributed by atoms with E-state index in [1.54, 1.807) is 12.4 Å². The molecule has 0 N–H and O–H groups in total. The zero-order chi connectivity index (χ0) is 30.0. The van der Waals surface area contributed by atoms with Crippen molar-refractivity contribution in [3.05, 3.63) is 151 Å². The predicted octanol–water partition coefficient (Wildman–Crippen LogP) is 10.1. The molecule has 0 fully saturated rings. The van der Waals surface area contributed by atoms with E-state index in [2.05, 4.69) is 102 Å². The van der Waals surface area contributed by atoms with Crippen molar-refractivity contribution in [1.82, 2.24) is 15.0 Å². The van der Waals surface area contributed by atoms with Crippen LogP contribution in [0.3, 0.4) is 0 Å². The van der Waals surface area contributed by atoms with Crippen LogP contribution in [0, 0.1) is 32.9 Å². The molecule has 0 saturated heterocycles. The first-order valence-electron chi connectivity index (χ1n) is 14.6. The average molecular weight is 760 g/mol. The van der Waals surface area contributed by atoms with Crippen LogP contribution in [0.4, 0.5) is 0 Å². The summed E-state index contributed by atoms with van der Waals surface area (Å²) in [6.45, 7) is 6.32. The molecular formula is C40H29IrN3O-2. The summed E-state index contributed by atoms with van der Waals surface area (Å²) in [7, 11) is 0. The van der Waals surface area contributed by atoms with Gasteiger partial charge < -0.3 is 14.4 Å². The van der Waals surface area contributed by atoms with Crippen LogP contribution in [-0.2, 0) is 20.1 Å². The summed E-state index contributed by atoms with van der Waals surface area (Å²) in [5.74, 6) is 0. The normalized spacial score (nSPS) is 10.8. The van der Waals surface area contributed by atoms with Gasteiger partial charge in [-0.3, -0.25) is 4.98 Å². The van der Waals surface area contributed by atoms with Gasteiger partial charge in [0.25, 0.3) is 0 Å². The summed E-state index contributed by atoms with van der Waals surface area (Å²) in [5.41, 5.74) is 11.7. The third-order valence-corrected chi connectivity index (χ3v) is 8.03. The third-order valence-electron chi connectivity index (χ3n) is 8.03. The average Bonchev–Trinajstić information content (AvgIpc) is 3.47. The molecular weight excluding hydrogens is 731 g/mol. The van der Waals surface area contributed by atoms with Crippen molar-refractivity contribution in [3.63, 3.8) is 0 Å². The van der Waals surface area contributed by atoms with Crippen LogP contribution < -0.4 is 0 Å². The largest absolute Gasteiger partial charge is 0.500 e. The zero-order valence-corrected chi connectivity index (χ0v) is 27.5. The summed E-state index contributed by atoms with van der Waals surface area (Å²) in [6, 6.07) is 39.4. The van der Waals surface area contributed by atoms with Gasteiger partial charge in [-0.25, -0.2) is 0 Å². The maximum absolute atomic E-state index is 6.25. The molecule has 4 aromatic carbocycles. The van der Waals surface area contributed by atoms with Crippen molar-refractivity contribution in [2.75, 3.05) is 0 Å². The maximum atomic E-state index is 6.25. The number of pyridine rings is 3. The van der Waals surface area contributed by atoms with Gasteiger partial charge in [0.2, 0.25) is 0 Å². The Labute approximate surface area is 276 Å². The summed E-state index contributed by atoms with van der Waals surface area (Å²) >= 11 is 0. The van der Waals surface area contributed by atoms with Gasteiger partial charge in [0.05, 0.1) is 5.58 Å². The number of hydrogen-bond acceptors (Lipinski definition) is 4. The molecule has 0 aliphatic heterocycles. The fourth-order valence-corrected chi connectivity index (χ4v) is 5.48. The van der Waals surface area contributed by atoms with Gasteiger partial charge in [0, 0.05) is 61.1 Å². The van der Waals surface area contributed by atoms with Crippen LogP contribution in [-0.4, -0.2) is 15.0 Å². The van der Waals surface area contributed by atoms with Crippen molar-refractivity contribution in [2.45, 2.75) is 20.8 Å². The molecule has 4 heterocycles. The molecule has 0 saturated carbocycles. The van der Waals surface area contributed by atoms with Gasteiger partial charge in [0.15, 0.2) is 0 Å². The van der Waals surface area contributed by atoms with Crippen LogP contribution >= 0.6 is 0 Å². The molecule has 45 heavy (non-hydrogen) atoms. The molecule has 0 aliphatic carbocycles. The number of aryl methyl sites for hydroxylation is 3. The van der Waals surface area contributed by atoms with Crippen LogP contribution in [0.5, 0.6) is 0 Å². The fraction of sp³-hybridized carbons (Fsp3) is 0.0750. The van der Waals surface area contributed by atoms with E-state index in [-0.39, 0.29) is 20.1 Å². The second kappa shape index (κ2) is 13.0. The molecule has 0 spiro atoms. The summed E-state index contributed by atoms with van der Waals surface area (Å²) in [5, 5.41) is 4.33. The zero-order valence-electron chi connectivity index (χ0n) is 25.1. The Kier molecular flexibility index (Phi) is 8.66. The van der Waals surface area contributed by atoms with E-state index < -0.39 is 0 Å². The smallest absolute Gasteiger partial charge is 0.128 e. The summed E-state index contributed by atoms with van der Waals surface area (Å²) < 4.78 is 6.25. The topological polar surface area (TPSA) is 51.8 Å². The number of fused-ring (bicyclic) bond motifs is 5. The molecule has 221 valence electrons. The first kappa shape index (κ1) is 30.1. The molecule has 0 aliphatic rings. The third kappa shape index (κ3) is 5.93. The number of nitrogens with zero attached hydrogens (tertiary/aromatic N) is 3. The van der Waals surface area contributed by atoms with Crippen molar-refractivity contribution >= 4 is 32.7 Å². The van der Waals surface area contributed by atoms with E-state index in [1.807, 2.05) is 54.9 Å². The number of furan rings is 1. The molecule has 0 unspecified atom stereocenters. The van der Waals surface area contributed by atoms with E-state index in [0.29, 0.717) is 0 Å². The standard InChI is InChI=1S/C20H11N2O.C20H18N.Ir/c1-2-10-22-18(6-1)17-5-3-4-15-16-8-7-13-12-21-11-9-14(13)19(16)23-20(15)17;1-14-9-10-18(20-11-15(2)16(3)13-21-20)12-19(14)17-7-5-4-6-8-17;/h1-4,6-12H;4-9,11-13H,1-3H3;/q2*-1;. The minimum atomic E-state index is 0. The predicted molar refractivity (Wildman–Crippen MR) is 179 cm³/mol. The van der Waals surface area contributed by atoms with Crippen LogP contribution in [0.25, 0.3) is 66.4 Å². The fourth-order valence-electron chi connectivity index (χ4n) is 5.48. The number of benzene rings is 4. The van der Waals surface area contributed by atoms with E-state index in [4.69, 9.17) is 4.42 Å². The molecule has 0 atom stereocenters. The second-order valence-electron chi connectivity index (χ2n) is 10.9. The Bertz CT molecular complexity index is 2260. The Morgan fingerprint density at radius 2 is 1.44 bits per heavy atom. The maximum Gasteiger partial charge on any atom is 0.128 e. The molecule has 0 bridgehead atoms. The first-order chi connectivity index (χ1) is 21.6. The molecule has 8 aromatic rings. The van der Waals surface area contributed by atoms with Gasteiger partial charge in [0.1, 0.15) is 5.58 Å². The van der Waals surface area contributed by atoms with Gasteiger partial charge in [-0.2, -0.15) is 0 Å². The Morgan fingerprint density at radius 3 is 2.24 bits per heavy atom. The minimum Gasteiger partial charge on any atom is -0.500 e. The van der Waals surface area contributed by atoms with Crippen molar-refractivity contribution in [1.29, 1.82) is 0 Å². The molecule has 4 aromatic heterocycles. The van der Waals surface area contributed by atoms with Crippen LogP contribution in [0.2, 0.25) is 0 Å². The summed E-state index contributed by atoms with van der Waals surface area (Å²) in [4.78, 5) is 13.2. The van der Waals surface area contributed by atoms with Gasteiger partial charge in [-0.1, -0.05) is 89.7 Å².